The van der Waals surface area contributed by atoms with Crippen molar-refractivity contribution >= 4 is 39.6 Å². The SMILES string of the molecule is C[C@H](N)CCCc1cc(Cl)c(F)c(-c2cc3cn(-c4ccc([C@@H]5CCCC[C@@H](CCSC(=N)N)N5CCCO)cc4)c(=O)nc3[nH]2)c1. The van der Waals surface area contributed by atoms with Gasteiger partial charge >= 0.3 is 5.69 Å². The lowest BCUT2D eigenvalue weighted by Gasteiger charge is -2.37. The Morgan fingerprint density at radius 1 is 1.21 bits per heavy atom. The molecule has 0 amide bonds. The first-order valence-corrected chi connectivity index (χ1v) is 17.8. The monoisotopic (exact) mass is 681 g/mol. The molecule has 1 aliphatic rings. The van der Waals surface area contributed by atoms with Crippen LogP contribution in [0.4, 0.5) is 4.39 Å². The molecule has 1 aliphatic heterocycles. The minimum atomic E-state index is -0.522. The Morgan fingerprint density at radius 3 is 2.70 bits per heavy atom. The third-order valence-corrected chi connectivity index (χ3v) is 10.0. The fourth-order valence-electron chi connectivity index (χ4n) is 6.66. The number of likely N-dealkylation sites (tertiary alicyclic amines) is 1. The van der Waals surface area contributed by atoms with Gasteiger partial charge in [-0.15, -0.1) is 0 Å². The molecule has 2 aromatic carbocycles. The normalized spacial score (nSPS) is 18.0. The summed E-state index contributed by atoms with van der Waals surface area (Å²) in [6.07, 6.45) is 10.1. The number of nitrogens with one attached hydrogen (secondary N) is 2. The summed E-state index contributed by atoms with van der Waals surface area (Å²) in [7, 11) is 0. The van der Waals surface area contributed by atoms with E-state index < -0.39 is 11.5 Å². The largest absolute Gasteiger partial charge is 0.396 e. The van der Waals surface area contributed by atoms with Crippen LogP contribution in [-0.4, -0.2) is 60.7 Å². The van der Waals surface area contributed by atoms with Gasteiger partial charge in [-0.2, -0.15) is 4.98 Å². The van der Waals surface area contributed by atoms with E-state index in [0.717, 1.165) is 74.8 Å². The number of aromatic amines is 1. The van der Waals surface area contributed by atoms with Gasteiger partial charge in [0.1, 0.15) is 5.65 Å². The maximum Gasteiger partial charge on any atom is 0.354 e. The number of amidine groups is 1. The molecular weight excluding hydrogens is 637 g/mol. The predicted octanol–water partition coefficient (Wildman–Crippen LogP) is 6.53. The van der Waals surface area contributed by atoms with Gasteiger partial charge in [-0.1, -0.05) is 48.3 Å². The number of aryl methyl sites for hydroxylation is 1. The van der Waals surface area contributed by atoms with E-state index in [4.69, 9.17) is 28.5 Å². The van der Waals surface area contributed by atoms with Crippen molar-refractivity contribution < 1.29 is 9.50 Å². The van der Waals surface area contributed by atoms with Crippen LogP contribution in [-0.2, 0) is 6.42 Å². The van der Waals surface area contributed by atoms with Crippen LogP contribution in [0.1, 0.15) is 75.5 Å². The highest BCUT2D eigenvalue weighted by molar-refractivity contribution is 8.13. The zero-order valence-electron chi connectivity index (χ0n) is 26.9. The number of nitrogens with zero attached hydrogens (tertiary/aromatic N) is 3. The molecule has 0 spiro atoms. The average Bonchev–Trinajstić information content (AvgIpc) is 3.34. The molecule has 5 rings (SSSR count). The molecule has 2 aromatic heterocycles. The number of hydrogen-bond acceptors (Lipinski definition) is 7. The number of halogens is 2. The van der Waals surface area contributed by atoms with Crippen molar-refractivity contribution in [3.8, 4) is 16.9 Å². The number of benzene rings is 2. The molecule has 7 N–H and O–H groups in total. The van der Waals surface area contributed by atoms with Crippen LogP contribution in [0.25, 0.3) is 28.0 Å². The third-order valence-electron chi connectivity index (χ3n) is 8.98. The van der Waals surface area contributed by atoms with E-state index in [0.29, 0.717) is 40.4 Å². The first kappa shape index (κ1) is 35.1. The molecule has 1 saturated heterocycles. The topological polar surface area (TPSA) is 150 Å². The van der Waals surface area contributed by atoms with Gasteiger partial charge in [-0.25, -0.2) is 9.18 Å². The average molecular weight is 682 g/mol. The van der Waals surface area contributed by atoms with E-state index >= 15 is 4.39 Å². The molecule has 3 heterocycles. The quantitative estimate of drug-likeness (QED) is 0.0796. The fourth-order valence-corrected chi connectivity index (χ4v) is 7.52. The number of rotatable bonds is 13. The van der Waals surface area contributed by atoms with Crippen molar-refractivity contribution in [1.29, 1.82) is 5.41 Å². The Bertz CT molecular complexity index is 1730. The van der Waals surface area contributed by atoms with Crippen molar-refractivity contribution in [2.45, 2.75) is 82.8 Å². The second kappa shape index (κ2) is 16.3. The number of H-pyrrole nitrogens is 1. The first-order valence-electron chi connectivity index (χ1n) is 16.4. The molecule has 47 heavy (non-hydrogen) atoms. The summed E-state index contributed by atoms with van der Waals surface area (Å²) in [5.74, 6) is 0.270. The maximum atomic E-state index is 15.2. The summed E-state index contributed by atoms with van der Waals surface area (Å²) in [6, 6.07) is 13.9. The van der Waals surface area contributed by atoms with Gasteiger partial charge in [0.05, 0.1) is 16.4 Å². The number of nitrogens with two attached hydrogens (primary N) is 2. The molecule has 252 valence electrons. The van der Waals surface area contributed by atoms with Crippen LogP contribution >= 0.6 is 23.4 Å². The molecule has 12 heteroatoms. The van der Waals surface area contributed by atoms with E-state index in [1.165, 1.54) is 16.3 Å². The minimum absolute atomic E-state index is 0.0504. The lowest BCUT2D eigenvalue weighted by Crippen LogP contribution is -2.39. The highest BCUT2D eigenvalue weighted by Gasteiger charge is 2.29. The van der Waals surface area contributed by atoms with Gasteiger partial charge < -0.3 is 21.6 Å². The summed E-state index contributed by atoms with van der Waals surface area (Å²) in [5, 5.41) is 18.1. The molecule has 0 bridgehead atoms. The second-order valence-corrected chi connectivity index (χ2v) is 14.1. The Balaban J connectivity index is 1.40. The van der Waals surface area contributed by atoms with Gasteiger partial charge in [0.15, 0.2) is 11.0 Å². The van der Waals surface area contributed by atoms with Crippen molar-refractivity contribution in [2.75, 3.05) is 18.9 Å². The second-order valence-electron chi connectivity index (χ2n) is 12.6. The lowest BCUT2D eigenvalue weighted by molar-refractivity contribution is 0.119. The van der Waals surface area contributed by atoms with E-state index in [2.05, 4.69) is 27.0 Å². The minimum Gasteiger partial charge on any atom is -0.396 e. The van der Waals surface area contributed by atoms with E-state index in [1.54, 1.807) is 24.4 Å². The van der Waals surface area contributed by atoms with Crippen LogP contribution in [0.3, 0.4) is 0 Å². The molecular formula is C35H45ClFN7O2S. The van der Waals surface area contributed by atoms with Crippen molar-refractivity contribution in [2.24, 2.45) is 11.5 Å². The predicted molar refractivity (Wildman–Crippen MR) is 191 cm³/mol. The van der Waals surface area contributed by atoms with Gasteiger partial charge in [0.2, 0.25) is 0 Å². The molecule has 0 radical (unpaired) electrons. The van der Waals surface area contributed by atoms with Crippen molar-refractivity contribution in [3.63, 3.8) is 0 Å². The summed E-state index contributed by atoms with van der Waals surface area (Å²) >= 11 is 7.66. The number of hydrogen-bond donors (Lipinski definition) is 5. The van der Waals surface area contributed by atoms with E-state index in [-0.39, 0.29) is 28.9 Å². The van der Waals surface area contributed by atoms with E-state index in [9.17, 15) is 9.90 Å². The summed E-state index contributed by atoms with van der Waals surface area (Å²) in [4.78, 5) is 23.1. The van der Waals surface area contributed by atoms with Crippen LogP contribution in [0.15, 0.2) is 53.5 Å². The Labute approximate surface area is 284 Å². The van der Waals surface area contributed by atoms with Crippen LogP contribution < -0.4 is 17.2 Å². The van der Waals surface area contributed by atoms with Crippen molar-refractivity contribution in [1.82, 2.24) is 19.4 Å². The Morgan fingerprint density at radius 2 is 1.98 bits per heavy atom. The third kappa shape index (κ3) is 8.83. The molecule has 1 fully saturated rings. The molecule has 4 aromatic rings. The highest BCUT2D eigenvalue weighted by Crippen LogP contribution is 2.36. The number of aliphatic hydroxyl groups is 1. The smallest absolute Gasteiger partial charge is 0.354 e. The number of fused-ring (bicyclic) bond motifs is 1. The van der Waals surface area contributed by atoms with Crippen LogP contribution in [0.2, 0.25) is 5.02 Å². The fraction of sp³-hybridized carbons (Fsp3) is 0.457. The molecule has 0 saturated carbocycles. The Hall–Kier alpha value is -3.22. The number of aliphatic hydroxyl groups excluding tert-OH is 1. The standard InChI is InChI=1S/C35H45ClFN7O2S/c1-22(38)6-4-7-23-18-28(32(37)29(36)19-23)30-20-25-21-44(35(46)42-33(25)41-30)27-12-10-24(11-13-27)31-9-3-2-8-26(14-17-47-34(39)40)43(31)15-5-16-45/h10-13,18-22,26,31,45H,2-9,14-17,38H2,1H3,(H3,39,40)(H,41,42,46)/t22-,26-,31-/m0/s1. The van der Waals surface area contributed by atoms with Crippen LogP contribution in [0.5, 0.6) is 0 Å². The zero-order valence-corrected chi connectivity index (χ0v) is 28.4. The summed E-state index contributed by atoms with van der Waals surface area (Å²) in [6.45, 7) is 2.89. The molecule has 0 aliphatic carbocycles. The van der Waals surface area contributed by atoms with Crippen molar-refractivity contribution in [3.05, 3.63) is 81.1 Å². The molecule has 9 nitrogen and oxygen atoms in total. The van der Waals surface area contributed by atoms with Gasteiger partial charge in [-0.05, 0) is 93.3 Å². The summed E-state index contributed by atoms with van der Waals surface area (Å²) < 4.78 is 16.7. The van der Waals surface area contributed by atoms with Gasteiger partial charge in [0, 0.05) is 54.2 Å². The van der Waals surface area contributed by atoms with Gasteiger partial charge in [0.25, 0.3) is 0 Å². The molecule has 0 unspecified atom stereocenters. The maximum absolute atomic E-state index is 15.2. The molecule has 3 atom stereocenters. The van der Waals surface area contributed by atoms with Gasteiger partial charge in [-0.3, -0.25) is 14.9 Å². The Kier molecular flexibility index (Phi) is 12.1. The number of thioether (sulfide) groups is 1. The lowest BCUT2D eigenvalue weighted by atomic mass is 9.99. The first-order chi connectivity index (χ1) is 22.6. The number of aromatic nitrogens is 3. The van der Waals surface area contributed by atoms with Crippen LogP contribution in [0, 0.1) is 11.2 Å². The highest BCUT2D eigenvalue weighted by atomic mass is 35.5. The summed E-state index contributed by atoms with van der Waals surface area (Å²) in [5.41, 5.74) is 15.0. The van der Waals surface area contributed by atoms with E-state index in [1.807, 2.05) is 19.1 Å². The zero-order chi connectivity index (χ0) is 33.5.